The van der Waals surface area contributed by atoms with Crippen molar-refractivity contribution < 1.29 is 19.1 Å². The van der Waals surface area contributed by atoms with Crippen LogP contribution in [0.25, 0.3) is 0 Å². The van der Waals surface area contributed by atoms with E-state index in [0.29, 0.717) is 6.54 Å². The highest BCUT2D eigenvalue weighted by molar-refractivity contribution is 5.76. The fourth-order valence-electron chi connectivity index (χ4n) is 1.54. The van der Waals surface area contributed by atoms with E-state index in [1.54, 1.807) is 17.0 Å². The zero-order valence-electron chi connectivity index (χ0n) is 9.80. The highest BCUT2D eigenvalue weighted by atomic mass is 19.1. The molecular formula is C12H15FN2O3. The molecule has 1 aromatic rings. The molecule has 0 aromatic heterocycles. The van der Waals surface area contributed by atoms with Crippen molar-refractivity contribution in [1.29, 1.82) is 0 Å². The van der Waals surface area contributed by atoms with E-state index >= 15 is 0 Å². The molecule has 0 spiro atoms. The molecule has 98 valence electrons. The first-order valence-corrected chi connectivity index (χ1v) is 5.44. The number of carbonyl (C=O) groups excluding carboxylic acids is 1. The summed E-state index contributed by atoms with van der Waals surface area (Å²) >= 11 is 0. The Kier molecular flexibility index (Phi) is 5.26. The van der Waals surface area contributed by atoms with Crippen LogP contribution in [0.2, 0.25) is 0 Å². The van der Waals surface area contributed by atoms with Crippen molar-refractivity contribution in [3.8, 4) is 0 Å². The second kappa shape index (κ2) is 6.70. The number of hydrogen-bond donors (Lipinski definition) is 2. The molecule has 0 heterocycles. The van der Waals surface area contributed by atoms with E-state index in [1.807, 2.05) is 0 Å². The van der Waals surface area contributed by atoms with Crippen molar-refractivity contribution in [3.05, 3.63) is 35.6 Å². The Balaban J connectivity index is 2.61. The molecule has 5 nitrogen and oxygen atoms in total. The predicted octanol–water partition coefficient (Wildman–Crippen LogP) is 0.588. The summed E-state index contributed by atoms with van der Waals surface area (Å²) in [6, 6.07) is 5.80. The Labute approximate surface area is 104 Å². The average molecular weight is 254 g/mol. The molecule has 0 unspecified atom stereocenters. The third-order valence-corrected chi connectivity index (χ3v) is 2.34. The van der Waals surface area contributed by atoms with Crippen LogP contribution >= 0.6 is 0 Å². The third kappa shape index (κ3) is 5.40. The molecule has 0 radical (unpaired) electrons. The van der Waals surface area contributed by atoms with Gasteiger partial charge in [-0.1, -0.05) is 12.1 Å². The van der Waals surface area contributed by atoms with Gasteiger partial charge < -0.3 is 10.8 Å². The molecule has 0 saturated carbocycles. The van der Waals surface area contributed by atoms with Gasteiger partial charge in [0.1, 0.15) is 5.82 Å². The number of benzene rings is 1. The van der Waals surface area contributed by atoms with Gasteiger partial charge in [0.2, 0.25) is 5.91 Å². The fraction of sp³-hybridized carbons (Fsp3) is 0.333. The minimum absolute atomic E-state index is 0.0232. The lowest BCUT2D eigenvalue weighted by atomic mass is 10.2. The zero-order chi connectivity index (χ0) is 13.5. The number of amides is 1. The molecule has 0 fully saturated rings. The Hall–Kier alpha value is -1.95. The summed E-state index contributed by atoms with van der Waals surface area (Å²) < 4.78 is 12.7. The fourth-order valence-corrected chi connectivity index (χ4v) is 1.54. The van der Waals surface area contributed by atoms with Crippen LogP contribution in [0.1, 0.15) is 12.0 Å². The molecular weight excluding hydrogens is 239 g/mol. The van der Waals surface area contributed by atoms with Gasteiger partial charge in [-0.15, -0.1) is 0 Å². The number of primary amides is 1. The van der Waals surface area contributed by atoms with E-state index in [2.05, 4.69) is 0 Å². The minimum Gasteiger partial charge on any atom is -0.481 e. The van der Waals surface area contributed by atoms with Gasteiger partial charge in [0.15, 0.2) is 0 Å². The Bertz CT molecular complexity index is 420. The second-order valence-corrected chi connectivity index (χ2v) is 3.95. The number of carboxylic acids is 1. The summed E-state index contributed by atoms with van der Waals surface area (Å²) in [7, 11) is 0. The van der Waals surface area contributed by atoms with Gasteiger partial charge in [-0.3, -0.25) is 14.5 Å². The first-order valence-electron chi connectivity index (χ1n) is 5.44. The number of nitrogens with zero attached hydrogens (tertiary/aromatic N) is 1. The molecule has 0 saturated heterocycles. The van der Waals surface area contributed by atoms with Gasteiger partial charge in [-0.05, 0) is 17.7 Å². The van der Waals surface area contributed by atoms with E-state index in [-0.39, 0.29) is 25.3 Å². The Morgan fingerprint density at radius 2 is 1.89 bits per heavy atom. The van der Waals surface area contributed by atoms with E-state index in [0.717, 1.165) is 5.56 Å². The van der Waals surface area contributed by atoms with Crippen LogP contribution in [-0.4, -0.2) is 35.0 Å². The second-order valence-electron chi connectivity index (χ2n) is 3.95. The monoisotopic (exact) mass is 254 g/mol. The summed E-state index contributed by atoms with van der Waals surface area (Å²) in [6.07, 6.45) is -0.0749. The smallest absolute Gasteiger partial charge is 0.304 e. The highest BCUT2D eigenvalue weighted by Gasteiger charge is 2.11. The van der Waals surface area contributed by atoms with Crippen molar-refractivity contribution in [3.63, 3.8) is 0 Å². The molecule has 0 bridgehead atoms. The topological polar surface area (TPSA) is 83.6 Å². The van der Waals surface area contributed by atoms with Gasteiger partial charge in [0, 0.05) is 13.1 Å². The number of halogens is 1. The number of aliphatic carboxylic acids is 1. The largest absolute Gasteiger partial charge is 0.481 e. The van der Waals surface area contributed by atoms with Crippen LogP contribution in [0.15, 0.2) is 24.3 Å². The first kappa shape index (κ1) is 14.1. The van der Waals surface area contributed by atoms with Crippen LogP contribution in [0.4, 0.5) is 4.39 Å². The summed E-state index contributed by atoms with van der Waals surface area (Å²) in [6.45, 7) is 0.552. The Morgan fingerprint density at radius 1 is 1.28 bits per heavy atom. The number of nitrogens with two attached hydrogens (primary N) is 1. The number of carbonyl (C=O) groups is 2. The van der Waals surface area contributed by atoms with E-state index in [1.165, 1.54) is 12.1 Å². The molecule has 1 rings (SSSR count). The third-order valence-electron chi connectivity index (χ3n) is 2.34. The predicted molar refractivity (Wildman–Crippen MR) is 63.1 cm³/mol. The summed E-state index contributed by atoms with van der Waals surface area (Å²) in [5.74, 6) is -1.81. The van der Waals surface area contributed by atoms with Gasteiger partial charge in [-0.25, -0.2) is 4.39 Å². The van der Waals surface area contributed by atoms with E-state index in [4.69, 9.17) is 10.8 Å². The molecule has 1 aromatic carbocycles. The summed E-state index contributed by atoms with van der Waals surface area (Å²) in [5, 5.41) is 8.61. The van der Waals surface area contributed by atoms with Crippen molar-refractivity contribution in [2.75, 3.05) is 13.1 Å². The summed E-state index contributed by atoms with van der Waals surface area (Å²) in [4.78, 5) is 23.0. The van der Waals surface area contributed by atoms with Crippen LogP contribution < -0.4 is 5.73 Å². The van der Waals surface area contributed by atoms with Crippen molar-refractivity contribution in [2.24, 2.45) is 5.73 Å². The van der Waals surface area contributed by atoms with Crippen LogP contribution in [0.3, 0.4) is 0 Å². The molecule has 0 atom stereocenters. The van der Waals surface area contributed by atoms with Crippen LogP contribution in [0.5, 0.6) is 0 Å². The van der Waals surface area contributed by atoms with Crippen molar-refractivity contribution in [1.82, 2.24) is 4.90 Å². The van der Waals surface area contributed by atoms with E-state index in [9.17, 15) is 14.0 Å². The summed E-state index contributed by atoms with van der Waals surface area (Å²) in [5.41, 5.74) is 5.88. The number of carboxylic acid groups (broad SMARTS) is 1. The van der Waals surface area contributed by atoms with Gasteiger partial charge in [0.05, 0.1) is 13.0 Å². The maximum Gasteiger partial charge on any atom is 0.304 e. The maximum atomic E-state index is 12.7. The lowest BCUT2D eigenvalue weighted by Crippen LogP contribution is -2.34. The molecule has 1 amide bonds. The first-order chi connectivity index (χ1) is 8.47. The average Bonchev–Trinajstić information content (AvgIpc) is 2.28. The zero-order valence-corrected chi connectivity index (χ0v) is 9.80. The molecule has 6 heteroatoms. The van der Waals surface area contributed by atoms with Crippen molar-refractivity contribution >= 4 is 11.9 Å². The van der Waals surface area contributed by atoms with Crippen LogP contribution in [0, 0.1) is 5.82 Å². The molecule has 18 heavy (non-hydrogen) atoms. The van der Waals surface area contributed by atoms with Gasteiger partial charge >= 0.3 is 5.97 Å². The maximum absolute atomic E-state index is 12.7. The minimum atomic E-state index is -0.941. The molecule has 0 aliphatic rings. The molecule has 0 aliphatic heterocycles. The molecule has 0 aliphatic carbocycles. The lowest BCUT2D eigenvalue weighted by Gasteiger charge is -2.19. The van der Waals surface area contributed by atoms with Crippen molar-refractivity contribution in [2.45, 2.75) is 13.0 Å². The standard InChI is InChI=1S/C12H15FN2O3/c13-10-3-1-9(2-4-10)7-15(8-11(14)16)6-5-12(17)18/h1-4H,5-8H2,(H2,14,16)(H,17,18). The van der Waals surface area contributed by atoms with E-state index < -0.39 is 11.9 Å². The highest BCUT2D eigenvalue weighted by Crippen LogP contribution is 2.07. The van der Waals surface area contributed by atoms with Gasteiger partial charge in [0.25, 0.3) is 0 Å². The number of rotatable bonds is 7. The van der Waals surface area contributed by atoms with Crippen LogP contribution in [-0.2, 0) is 16.1 Å². The number of hydrogen-bond acceptors (Lipinski definition) is 3. The SMILES string of the molecule is NC(=O)CN(CCC(=O)O)Cc1ccc(F)cc1. The normalized spacial score (nSPS) is 10.6. The van der Waals surface area contributed by atoms with Gasteiger partial charge in [-0.2, -0.15) is 0 Å². The lowest BCUT2D eigenvalue weighted by molar-refractivity contribution is -0.137. The quantitative estimate of drug-likeness (QED) is 0.745. The molecule has 3 N–H and O–H groups in total. The Morgan fingerprint density at radius 3 is 2.39 bits per heavy atom.